The van der Waals surface area contributed by atoms with E-state index in [0.717, 1.165) is 11.5 Å². The van der Waals surface area contributed by atoms with E-state index >= 15 is 0 Å². The van der Waals surface area contributed by atoms with E-state index in [1.807, 2.05) is 0 Å². The van der Waals surface area contributed by atoms with Crippen LogP contribution in [0, 0.1) is 0 Å². The third-order valence-electron chi connectivity index (χ3n) is 2.53. The molecule has 2 atom stereocenters. The first-order chi connectivity index (χ1) is 9.67. The summed E-state index contributed by atoms with van der Waals surface area (Å²) < 4.78 is 11.1. The molecule has 0 spiro atoms. The molecule has 0 bridgehead atoms. The van der Waals surface area contributed by atoms with Crippen LogP contribution in [0.15, 0.2) is 0 Å². The van der Waals surface area contributed by atoms with Crippen LogP contribution < -0.4 is 11.0 Å². The Morgan fingerprint density at radius 3 is 1.67 bits per heavy atom. The van der Waals surface area contributed by atoms with Gasteiger partial charge >= 0.3 is 0 Å². The van der Waals surface area contributed by atoms with Crippen molar-refractivity contribution in [2.75, 3.05) is 24.7 Å². The molecule has 11 heteroatoms. The van der Waals surface area contributed by atoms with Crippen molar-refractivity contribution >= 4 is 52.3 Å². The number of hydrogen-bond acceptors (Lipinski definition) is 8. The minimum absolute atomic E-state index is 0. The molecule has 1 rings (SSSR count). The molecule has 4 N–H and O–H groups in total. The van der Waals surface area contributed by atoms with Crippen molar-refractivity contribution in [3.05, 3.63) is 0 Å². The molecular weight excluding hydrogens is 315 g/mol. The van der Waals surface area contributed by atoms with Crippen molar-refractivity contribution in [3.8, 4) is 0 Å². The van der Waals surface area contributed by atoms with Crippen LogP contribution in [0.1, 0.15) is 12.8 Å². The van der Waals surface area contributed by atoms with Gasteiger partial charge in [-0.2, -0.15) is 0 Å². The molecule has 1 aliphatic rings. The van der Waals surface area contributed by atoms with Gasteiger partial charge in [-0.05, 0) is 0 Å². The number of hydroxylamine groups is 2. The van der Waals surface area contributed by atoms with Crippen LogP contribution in [-0.2, 0) is 19.1 Å². The molecule has 2 amide bonds. The Labute approximate surface area is 142 Å². The normalized spacial score (nSPS) is 21.2. The van der Waals surface area contributed by atoms with Crippen LogP contribution in [0.4, 0.5) is 0 Å². The maximum atomic E-state index is 10.9. The van der Waals surface area contributed by atoms with Gasteiger partial charge in [0.05, 0.1) is 38.3 Å². The van der Waals surface area contributed by atoms with Gasteiger partial charge in [0.15, 0.2) is 0 Å². The van der Waals surface area contributed by atoms with Gasteiger partial charge in [-0.15, -0.1) is 0 Å². The summed E-state index contributed by atoms with van der Waals surface area (Å²) in [6.45, 7) is 0.387. The van der Waals surface area contributed by atoms with Crippen LogP contribution in [0.5, 0.6) is 0 Å². The first-order valence-electron chi connectivity index (χ1n) is 6.01. The molecule has 2 unspecified atom stereocenters. The van der Waals surface area contributed by atoms with E-state index in [1.165, 1.54) is 11.0 Å². The monoisotopic (exact) mass is 333 g/mol. The van der Waals surface area contributed by atoms with E-state index in [0.29, 0.717) is 0 Å². The Hall–Kier alpha value is 0.0774. The van der Waals surface area contributed by atoms with Crippen LogP contribution in [0.2, 0.25) is 0 Å². The number of hydrogen-bond donors (Lipinski definition) is 4. The second kappa shape index (κ2) is 12.6. The first-order valence-corrected chi connectivity index (χ1v) is 8.49. The number of nitrogens with one attached hydrogen (secondary N) is 2. The molecule has 0 aromatic carbocycles. The number of amides is 2. The summed E-state index contributed by atoms with van der Waals surface area (Å²) in [7, 11) is 3.32. The Kier molecular flexibility index (Phi) is 12.7. The summed E-state index contributed by atoms with van der Waals surface area (Å²) in [4.78, 5) is 21.7. The summed E-state index contributed by atoms with van der Waals surface area (Å²) in [5, 5.41) is 16.7. The van der Waals surface area contributed by atoms with Gasteiger partial charge in [0.2, 0.25) is 11.8 Å². The van der Waals surface area contributed by atoms with Gasteiger partial charge in [-0.25, -0.2) is 11.0 Å². The number of ether oxygens (including phenoxy) is 2. The smallest absolute Gasteiger partial charge is 0.245 e. The zero-order chi connectivity index (χ0) is 14.8. The van der Waals surface area contributed by atoms with Crippen molar-refractivity contribution < 1.29 is 29.5 Å². The topological polar surface area (TPSA) is 117 Å². The number of rotatable bonds is 8. The van der Waals surface area contributed by atoms with Crippen molar-refractivity contribution in [3.63, 3.8) is 0 Å². The molecule has 8 nitrogen and oxygen atoms in total. The summed E-state index contributed by atoms with van der Waals surface area (Å²) in [5.41, 5.74) is 3.08. The van der Waals surface area contributed by atoms with Crippen molar-refractivity contribution in [1.29, 1.82) is 0 Å². The van der Waals surface area contributed by atoms with Gasteiger partial charge < -0.3 is 9.47 Å². The predicted octanol–water partition coefficient (Wildman–Crippen LogP) is -0.438. The van der Waals surface area contributed by atoms with E-state index in [9.17, 15) is 9.59 Å². The summed E-state index contributed by atoms with van der Waals surface area (Å²) in [6.07, 6.45) is -0.176. The maximum absolute atomic E-state index is 10.9. The van der Waals surface area contributed by atoms with Gasteiger partial charge in [0, 0.05) is 30.4 Å². The average Bonchev–Trinajstić information content (AvgIpc) is 2.48. The van der Waals surface area contributed by atoms with Gasteiger partial charge in [-0.1, -0.05) is 21.6 Å². The van der Waals surface area contributed by atoms with E-state index in [1.54, 1.807) is 21.6 Å². The zero-order valence-electron chi connectivity index (χ0n) is 11.7. The summed E-state index contributed by atoms with van der Waals surface area (Å²) in [6, 6.07) is 0. The second-order valence-electron chi connectivity index (χ2n) is 3.96. The largest absolute Gasteiger partial charge is 0.374 e. The Balaban J connectivity index is 0.00000400. The molecule has 117 valence electrons. The molecule has 0 saturated carbocycles. The SMILES string of the molecule is O=C(CCOC1CSSCC1OCCC(=O)NO)NO.[Li]. The maximum Gasteiger partial charge on any atom is 0.245 e. The molecule has 1 aliphatic heterocycles. The van der Waals surface area contributed by atoms with Gasteiger partial charge in [0.25, 0.3) is 0 Å². The standard InChI is InChI=1S/C10H18N2O6S2.Li/c13-9(11-15)1-3-17-7-5-19-20-6-8(7)18-4-2-10(14)12-16;/h7-8,15-16H,1-6H2,(H,11,13)(H,12,14);. The van der Waals surface area contributed by atoms with E-state index < -0.39 is 11.8 Å². The zero-order valence-corrected chi connectivity index (χ0v) is 13.4. The second-order valence-corrected chi connectivity index (χ2v) is 6.51. The molecule has 0 aliphatic carbocycles. The fraction of sp³-hybridized carbons (Fsp3) is 0.800. The molecule has 0 aromatic heterocycles. The van der Waals surface area contributed by atoms with Crippen molar-refractivity contribution in [2.45, 2.75) is 25.0 Å². The molecule has 0 aromatic rings. The summed E-state index contributed by atoms with van der Waals surface area (Å²) >= 11 is 0. The Morgan fingerprint density at radius 1 is 0.952 bits per heavy atom. The molecule has 21 heavy (non-hydrogen) atoms. The minimum Gasteiger partial charge on any atom is -0.374 e. The fourth-order valence-corrected chi connectivity index (χ4v) is 3.94. The summed E-state index contributed by atoms with van der Waals surface area (Å²) in [5.74, 6) is 0.449. The molecule has 1 fully saturated rings. The van der Waals surface area contributed by atoms with E-state index in [2.05, 4.69) is 0 Å². The third kappa shape index (κ3) is 8.95. The van der Waals surface area contributed by atoms with Crippen molar-refractivity contribution in [1.82, 2.24) is 11.0 Å². The number of carbonyl (C=O) groups is 2. The molecule has 1 saturated heterocycles. The van der Waals surface area contributed by atoms with Crippen LogP contribution >= 0.6 is 21.6 Å². The first kappa shape index (κ1) is 21.1. The Bertz CT molecular complexity index is 296. The average molecular weight is 333 g/mol. The van der Waals surface area contributed by atoms with Crippen LogP contribution in [-0.4, -0.2) is 78.0 Å². The van der Waals surface area contributed by atoms with E-state index in [-0.39, 0.29) is 57.1 Å². The molecular formula is C10H18LiN2O6S2. The van der Waals surface area contributed by atoms with Crippen LogP contribution in [0.25, 0.3) is 0 Å². The predicted molar refractivity (Wildman–Crippen MR) is 79.2 cm³/mol. The van der Waals surface area contributed by atoms with Gasteiger partial charge in [0.1, 0.15) is 0 Å². The quantitative estimate of drug-likeness (QED) is 0.204. The van der Waals surface area contributed by atoms with Gasteiger partial charge in [-0.3, -0.25) is 20.0 Å². The van der Waals surface area contributed by atoms with Crippen LogP contribution in [0.3, 0.4) is 0 Å². The van der Waals surface area contributed by atoms with Crippen molar-refractivity contribution in [2.24, 2.45) is 0 Å². The number of carbonyl (C=O) groups excluding carboxylic acids is 2. The third-order valence-corrected chi connectivity index (χ3v) is 4.95. The molecule has 1 heterocycles. The molecule has 1 radical (unpaired) electrons. The Morgan fingerprint density at radius 2 is 1.33 bits per heavy atom. The van der Waals surface area contributed by atoms with E-state index in [4.69, 9.17) is 19.9 Å². The fourth-order valence-electron chi connectivity index (χ4n) is 1.47. The minimum atomic E-state index is -0.500.